The summed E-state index contributed by atoms with van der Waals surface area (Å²) in [7, 11) is -3.55. The predicted molar refractivity (Wildman–Crippen MR) is 80.2 cm³/mol. The summed E-state index contributed by atoms with van der Waals surface area (Å²) in [5.74, 6) is 0.319. The van der Waals surface area contributed by atoms with Crippen molar-refractivity contribution in [2.75, 3.05) is 6.54 Å². The van der Waals surface area contributed by atoms with Crippen molar-refractivity contribution in [2.45, 2.75) is 29.5 Å². The first-order valence-electron chi connectivity index (χ1n) is 6.41. The molecule has 1 saturated carbocycles. The zero-order valence-electron chi connectivity index (χ0n) is 10.6. The third-order valence-corrected chi connectivity index (χ3v) is 5.97. The fraction of sp³-hybridized carbons (Fsp3) is 0.500. The predicted octanol–water partition coefficient (Wildman–Crippen LogP) is 3.10. The molecule has 0 aromatic heterocycles. The SMILES string of the molecule is O=S(=O)(NCC1CCC(Cl)C1)c1cccc2c1N=S=N2. The van der Waals surface area contributed by atoms with Gasteiger partial charge in [-0.15, -0.1) is 11.6 Å². The molecule has 1 aromatic rings. The molecule has 2 unspecified atom stereocenters. The van der Waals surface area contributed by atoms with E-state index in [1.54, 1.807) is 18.2 Å². The highest BCUT2D eigenvalue weighted by atomic mass is 35.5. The van der Waals surface area contributed by atoms with Crippen LogP contribution in [0.4, 0.5) is 11.4 Å². The average Bonchev–Trinajstić information content (AvgIpc) is 3.04. The van der Waals surface area contributed by atoms with E-state index in [0.717, 1.165) is 30.6 Å². The number of hydrogen-bond acceptors (Lipinski definition) is 4. The van der Waals surface area contributed by atoms with Gasteiger partial charge in [0.05, 0.1) is 11.4 Å². The number of halogens is 1. The molecular weight excluding hydrogens is 318 g/mol. The topological polar surface area (TPSA) is 70.9 Å². The van der Waals surface area contributed by atoms with Gasteiger partial charge in [-0.3, -0.25) is 0 Å². The third kappa shape index (κ3) is 2.81. The number of nitrogens with one attached hydrogen (secondary N) is 1. The highest BCUT2D eigenvalue weighted by Crippen LogP contribution is 2.37. The van der Waals surface area contributed by atoms with Crippen LogP contribution in [-0.4, -0.2) is 20.3 Å². The van der Waals surface area contributed by atoms with Crippen molar-refractivity contribution < 1.29 is 8.42 Å². The number of rotatable bonds is 4. The summed E-state index contributed by atoms with van der Waals surface area (Å²) in [6.45, 7) is 0.430. The van der Waals surface area contributed by atoms with Crippen LogP contribution in [0.1, 0.15) is 19.3 Å². The first-order chi connectivity index (χ1) is 9.56. The monoisotopic (exact) mass is 331 g/mol. The van der Waals surface area contributed by atoms with Crippen LogP contribution >= 0.6 is 11.6 Å². The van der Waals surface area contributed by atoms with Gasteiger partial charge in [-0.05, 0) is 37.3 Å². The summed E-state index contributed by atoms with van der Waals surface area (Å²) in [4.78, 5) is 0.198. The maximum absolute atomic E-state index is 12.4. The van der Waals surface area contributed by atoms with Crippen LogP contribution in [-0.2, 0) is 21.4 Å². The Balaban J connectivity index is 1.76. The van der Waals surface area contributed by atoms with Gasteiger partial charge in [-0.25, -0.2) is 13.1 Å². The highest BCUT2D eigenvalue weighted by molar-refractivity contribution is 7.89. The quantitative estimate of drug-likeness (QED) is 0.874. The highest BCUT2D eigenvalue weighted by Gasteiger charge is 2.26. The Kier molecular flexibility index (Phi) is 3.94. The largest absolute Gasteiger partial charge is 0.242 e. The summed E-state index contributed by atoms with van der Waals surface area (Å²) in [5.41, 5.74) is 1.05. The number of nitrogens with zero attached hydrogens (tertiary/aromatic N) is 2. The second kappa shape index (κ2) is 5.55. The van der Waals surface area contributed by atoms with E-state index < -0.39 is 10.0 Å². The Bertz CT molecular complexity index is 699. The van der Waals surface area contributed by atoms with Gasteiger partial charge in [0.15, 0.2) is 0 Å². The molecule has 1 fully saturated rings. The molecule has 2 atom stereocenters. The maximum Gasteiger partial charge on any atom is 0.242 e. The molecule has 0 radical (unpaired) electrons. The van der Waals surface area contributed by atoms with E-state index in [-0.39, 0.29) is 10.3 Å². The molecule has 0 saturated heterocycles. The smallest absolute Gasteiger partial charge is 0.211 e. The van der Waals surface area contributed by atoms with Crippen LogP contribution in [0.2, 0.25) is 0 Å². The molecule has 20 heavy (non-hydrogen) atoms. The normalized spacial score (nSPS) is 24.6. The van der Waals surface area contributed by atoms with Crippen LogP contribution in [0.15, 0.2) is 31.8 Å². The van der Waals surface area contributed by atoms with Crippen LogP contribution in [0.5, 0.6) is 0 Å². The van der Waals surface area contributed by atoms with E-state index in [1.807, 2.05) is 0 Å². The first kappa shape index (κ1) is 14.2. The van der Waals surface area contributed by atoms with Crippen LogP contribution in [0.25, 0.3) is 0 Å². The van der Waals surface area contributed by atoms with Crippen molar-refractivity contribution in [1.82, 2.24) is 4.72 Å². The number of sulfonamides is 1. The van der Waals surface area contributed by atoms with Gasteiger partial charge in [-0.1, -0.05) is 6.07 Å². The Morgan fingerprint density at radius 2 is 2.20 bits per heavy atom. The van der Waals surface area contributed by atoms with Crippen LogP contribution in [0, 0.1) is 5.92 Å². The minimum atomic E-state index is -3.55. The second-order valence-electron chi connectivity index (χ2n) is 5.02. The Hall–Kier alpha value is -0.760. The van der Waals surface area contributed by atoms with Crippen LogP contribution < -0.4 is 4.72 Å². The molecule has 1 aliphatic heterocycles. The lowest BCUT2D eigenvalue weighted by molar-refractivity contribution is 0.520. The maximum atomic E-state index is 12.4. The Morgan fingerprint density at radius 1 is 1.35 bits per heavy atom. The van der Waals surface area contributed by atoms with E-state index in [0.29, 0.717) is 23.8 Å². The molecule has 1 aliphatic carbocycles. The summed E-state index contributed by atoms with van der Waals surface area (Å²) >= 11 is 7.06. The minimum absolute atomic E-state index is 0.177. The minimum Gasteiger partial charge on any atom is -0.211 e. The first-order valence-corrected chi connectivity index (χ1v) is 9.06. The molecule has 8 heteroatoms. The molecule has 5 nitrogen and oxygen atoms in total. The zero-order valence-corrected chi connectivity index (χ0v) is 13.0. The molecule has 3 rings (SSSR count). The van der Waals surface area contributed by atoms with E-state index in [9.17, 15) is 8.42 Å². The Labute approximate surface area is 126 Å². The molecule has 1 aromatic carbocycles. The van der Waals surface area contributed by atoms with Crippen LogP contribution in [0.3, 0.4) is 0 Å². The van der Waals surface area contributed by atoms with Gasteiger partial charge in [0.2, 0.25) is 10.0 Å². The fourth-order valence-electron chi connectivity index (χ4n) is 2.50. The lowest BCUT2D eigenvalue weighted by Gasteiger charge is -2.12. The summed E-state index contributed by atoms with van der Waals surface area (Å²) < 4.78 is 35.5. The Morgan fingerprint density at radius 3 is 2.95 bits per heavy atom. The van der Waals surface area contributed by atoms with Crippen molar-refractivity contribution in [3.63, 3.8) is 0 Å². The molecule has 0 spiro atoms. The van der Waals surface area contributed by atoms with Crippen molar-refractivity contribution in [1.29, 1.82) is 0 Å². The second-order valence-corrected chi connectivity index (χ2v) is 7.90. The lowest BCUT2D eigenvalue weighted by atomic mass is 10.1. The van der Waals surface area contributed by atoms with Crippen molar-refractivity contribution in [2.24, 2.45) is 14.6 Å². The average molecular weight is 332 g/mol. The van der Waals surface area contributed by atoms with Gasteiger partial charge in [0, 0.05) is 11.9 Å². The van der Waals surface area contributed by atoms with Crippen molar-refractivity contribution in [3.05, 3.63) is 18.2 Å². The molecular formula is C12H14ClN3O2S2. The van der Waals surface area contributed by atoms with Gasteiger partial charge in [-0.2, -0.15) is 8.73 Å². The van der Waals surface area contributed by atoms with E-state index in [1.165, 1.54) is 0 Å². The van der Waals surface area contributed by atoms with Gasteiger partial charge >= 0.3 is 0 Å². The van der Waals surface area contributed by atoms with E-state index in [4.69, 9.17) is 11.6 Å². The fourth-order valence-corrected chi connectivity index (χ4v) is 4.76. The molecule has 0 bridgehead atoms. The molecule has 0 amide bonds. The summed E-state index contributed by atoms with van der Waals surface area (Å²) in [6, 6.07) is 5.00. The van der Waals surface area contributed by atoms with E-state index >= 15 is 0 Å². The molecule has 1 heterocycles. The molecule has 2 aliphatic rings. The number of benzene rings is 1. The van der Waals surface area contributed by atoms with E-state index in [2.05, 4.69) is 13.4 Å². The van der Waals surface area contributed by atoms with Crippen molar-refractivity contribution >= 4 is 44.4 Å². The number of alkyl halides is 1. The third-order valence-electron chi connectivity index (χ3n) is 3.58. The zero-order chi connectivity index (χ0) is 14.2. The van der Waals surface area contributed by atoms with Crippen molar-refractivity contribution in [3.8, 4) is 0 Å². The van der Waals surface area contributed by atoms with Gasteiger partial charge in [0.1, 0.15) is 16.3 Å². The molecule has 1 N–H and O–H groups in total. The molecule has 108 valence electrons. The summed E-state index contributed by atoms with van der Waals surface area (Å²) in [6.07, 6.45) is 2.80. The number of fused-ring (bicyclic) bond motifs is 1. The van der Waals surface area contributed by atoms with Gasteiger partial charge < -0.3 is 0 Å². The summed E-state index contributed by atoms with van der Waals surface area (Å²) in [5, 5.41) is 0.177. The lowest BCUT2D eigenvalue weighted by Crippen LogP contribution is -2.28. The standard InChI is InChI=1S/C12H14ClN3O2S2/c13-9-5-4-8(6-9)7-14-20(17,18)11-3-1-2-10-12(11)16-19-15-10/h1-3,8-9,14H,4-7H2. The van der Waals surface area contributed by atoms with Gasteiger partial charge in [0.25, 0.3) is 0 Å². The number of hydrogen-bond donors (Lipinski definition) is 1.